The van der Waals surface area contributed by atoms with E-state index >= 15 is 0 Å². The maximum Gasteiger partial charge on any atom is 0.187 e. The molecular weight excluding hydrogens is 953 g/mol. The predicted molar refractivity (Wildman–Crippen MR) is 244 cm³/mol. The summed E-state index contributed by atoms with van der Waals surface area (Å²) in [6, 6.07) is 0. The van der Waals surface area contributed by atoms with Gasteiger partial charge in [0.25, 0.3) is 0 Å². The van der Waals surface area contributed by atoms with Crippen LogP contribution in [0.5, 0.6) is 0 Å². The first-order valence-electron chi connectivity index (χ1n) is 26.6. The number of hydrogen-bond donors (Lipinski definition) is 12. The number of aliphatic hydroxyl groups excluding tert-OH is 12. The molecular formula is C50H84O22. The van der Waals surface area contributed by atoms with Crippen molar-refractivity contribution in [3.05, 3.63) is 0 Å². The topological polar surface area (TPSA) is 335 Å². The van der Waals surface area contributed by atoms with Gasteiger partial charge in [0.15, 0.2) is 30.9 Å². The molecule has 4 saturated carbocycles. The first-order valence-corrected chi connectivity index (χ1v) is 26.6. The second kappa shape index (κ2) is 22.1. The van der Waals surface area contributed by atoms with Gasteiger partial charge in [-0.25, -0.2) is 0 Å². The van der Waals surface area contributed by atoms with Gasteiger partial charge >= 0.3 is 0 Å². The lowest BCUT2D eigenvalue weighted by Gasteiger charge is -2.61. The summed E-state index contributed by atoms with van der Waals surface area (Å²) in [5.41, 5.74) is 0.0850. The molecule has 9 aliphatic rings. The summed E-state index contributed by atoms with van der Waals surface area (Å²) in [5, 5.41) is 125. The van der Waals surface area contributed by atoms with Gasteiger partial charge in [0.05, 0.1) is 45.2 Å². The number of fused-ring (bicyclic) bond motifs is 7. The highest BCUT2D eigenvalue weighted by molar-refractivity contribution is 5.15. The molecule has 9 rings (SSSR count). The predicted octanol–water partition coefficient (Wildman–Crippen LogP) is -2.02. The average molecular weight is 1040 g/mol. The zero-order chi connectivity index (χ0) is 51.8. The fourth-order valence-electron chi connectivity index (χ4n) is 15.4. The molecule has 0 amide bonds. The Morgan fingerprint density at radius 3 is 1.86 bits per heavy atom. The Bertz CT molecular complexity index is 1790. The van der Waals surface area contributed by atoms with Gasteiger partial charge in [-0.15, -0.1) is 0 Å². The van der Waals surface area contributed by atoms with Crippen LogP contribution in [0.3, 0.4) is 0 Å². The first-order chi connectivity index (χ1) is 34.2. The largest absolute Gasteiger partial charge is 0.394 e. The Kier molecular flexibility index (Phi) is 17.1. The quantitative estimate of drug-likeness (QED) is 0.0788. The molecule has 22 heteroatoms. The lowest BCUT2D eigenvalue weighted by molar-refractivity contribution is -0.382. The smallest absolute Gasteiger partial charge is 0.187 e. The lowest BCUT2D eigenvalue weighted by Crippen LogP contribution is -2.66. The minimum Gasteiger partial charge on any atom is -0.394 e. The molecule has 5 heterocycles. The summed E-state index contributed by atoms with van der Waals surface area (Å²) >= 11 is 0. The van der Waals surface area contributed by atoms with Crippen LogP contribution >= 0.6 is 0 Å². The van der Waals surface area contributed by atoms with Crippen molar-refractivity contribution < 1.29 is 109 Å². The molecule has 0 spiro atoms. The number of ether oxygens (including phenoxy) is 10. The number of hydrogen-bond acceptors (Lipinski definition) is 22. The maximum atomic E-state index is 11.9. The van der Waals surface area contributed by atoms with E-state index in [2.05, 4.69) is 20.8 Å². The molecule has 0 radical (unpaired) electrons. The number of methoxy groups -OCH3 is 1. The van der Waals surface area contributed by atoms with Crippen LogP contribution in [0.4, 0.5) is 0 Å². The van der Waals surface area contributed by atoms with Crippen molar-refractivity contribution >= 4 is 0 Å². The van der Waals surface area contributed by atoms with Gasteiger partial charge in [-0.1, -0.05) is 27.7 Å². The summed E-state index contributed by atoms with van der Waals surface area (Å²) < 4.78 is 60.9. The summed E-state index contributed by atoms with van der Waals surface area (Å²) in [4.78, 5) is 0. The van der Waals surface area contributed by atoms with E-state index in [1.807, 2.05) is 6.92 Å². The molecule has 0 bridgehead atoms. The Morgan fingerprint density at radius 2 is 1.22 bits per heavy atom. The molecule has 0 aromatic rings. The second-order valence-corrected chi connectivity index (χ2v) is 23.5. The molecule has 30 atom stereocenters. The molecule has 72 heavy (non-hydrogen) atoms. The average Bonchev–Trinajstić information content (AvgIpc) is 3.83. The van der Waals surface area contributed by atoms with E-state index < -0.39 is 130 Å². The van der Waals surface area contributed by atoms with Gasteiger partial charge in [-0.2, -0.15) is 0 Å². The van der Waals surface area contributed by atoms with E-state index in [4.69, 9.17) is 47.4 Å². The second-order valence-electron chi connectivity index (χ2n) is 23.5. The normalized spacial score (nSPS) is 55.1. The first kappa shape index (κ1) is 55.9. The molecule has 9 fully saturated rings. The van der Waals surface area contributed by atoms with E-state index in [1.54, 1.807) is 7.11 Å². The Labute approximate surface area is 420 Å². The third kappa shape index (κ3) is 10.00. The van der Waals surface area contributed by atoms with Crippen molar-refractivity contribution in [2.75, 3.05) is 40.1 Å². The van der Waals surface area contributed by atoms with Crippen LogP contribution in [0.2, 0.25) is 0 Å². The molecule has 5 aliphatic heterocycles. The number of rotatable bonds is 15. The van der Waals surface area contributed by atoms with E-state index in [-0.39, 0.29) is 54.7 Å². The fourth-order valence-corrected chi connectivity index (χ4v) is 15.4. The lowest BCUT2D eigenvalue weighted by atomic mass is 9.44. The van der Waals surface area contributed by atoms with Gasteiger partial charge in [-0.05, 0) is 104 Å². The van der Waals surface area contributed by atoms with Crippen LogP contribution in [0.25, 0.3) is 0 Å². The zero-order valence-electron chi connectivity index (χ0n) is 42.1. The minimum atomic E-state index is -1.71. The fraction of sp³-hybridized carbons (Fsp3) is 1.00. The van der Waals surface area contributed by atoms with Crippen molar-refractivity contribution in [3.63, 3.8) is 0 Å². The molecule has 12 N–H and O–H groups in total. The molecule has 22 nitrogen and oxygen atoms in total. The standard InChI is InChI=1S/C50H84O22/c1-21(18-64-44-40(61)37(58)36(57)31(16-51)68-44)8-13-50(63-5)22(2)33-30(72-50)15-27-25-7-6-23-14-24(9-11-48(23,3)26(25)10-12-49(27,33)4)67-47-43(71-46-39(60)35(56)29(54)20-66-46)41(62)42(32(17-52)69-47)70-45-38(59)34(55)28(53)19-65-45/h21-47,51-62H,6-20H2,1-5H3. The van der Waals surface area contributed by atoms with Crippen molar-refractivity contribution in [2.45, 2.75) is 221 Å². The summed E-state index contributed by atoms with van der Waals surface area (Å²) in [6.07, 6.45) is -17.7. The van der Waals surface area contributed by atoms with E-state index in [0.717, 1.165) is 38.5 Å². The van der Waals surface area contributed by atoms with Crippen LogP contribution in [0.1, 0.15) is 91.9 Å². The number of aliphatic hydroxyl groups is 12. The van der Waals surface area contributed by atoms with Gasteiger partial charge in [0, 0.05) is 19.4 Å². The highest BCUT2D eigenvalue weighted by Crippen LogP contribution is 2.71. The molecule has 416 valence electrons. The molecule has 30 unspecified atom stereocenters. The van der Waals surface area contributed by atoms with Crippen LogP contribution in [-0.4, -0.2) is 230 Å². The molecule has 0 aromatic heterocycles. The molecule has 5 saturated heterocycles. The van der Waals surface area contributed by atoms with Crippen molar-refractivity contribution in [2.24, 2.45) is 52.3 Å². The van der Waals surface area contributed by atoms with E-state index in [0.29, 0.717) is 55.3 Å². The Balaban J connectivity index is 0.829. The highest BCUT2D eigenvalue weighted by Gasteiger charge is 2.69. The summed E-state index contributed by atoms with van der Waals surface area (Å²) in [5.74, 6) is 1.47. The molecule has 4 aliphatic carbocycles. The Hall–Kier alpha value is -0.880. The Morgan fingerprint density at radius 1 is 0.611 bits per heavy atom. The van der Waals surface area contributed by atoms with Gasteiger partial charge in [-0.3, -0.25) is 0 Å². The van der Waals surface area contributed by atoms with Gasteiger partial charge < -0.3 is 109 Å². The zero-order valence-corrected chi connectivity index (χ0v) is 42.1. The van der Waals surface area contributed by atoms with Crippen LogP contribution in [0, 0.1) is 52.3 Å². The van der Waals surface area contributed by atoms with E-state index in [1.165, 1.54) is 0 Å². The van der Waals surface area contributed by atoms with Crippen molar-refractivity contribution in [3.8, 4) is 0 Å². The van der Waals surface area contributed by atoms with Crippen LogP contribution in [0.15, 0.2) is 0 Å². The van der Waals surface area contributed by atoms with E-state index in [9.17, 15) is 61.3 Å². The van der Waals surface area contributed by atoms with Crippen molar-refractivity contribution in [1.82, 2.24) is 0 Å². The SMILES string of the molecule is COC1(CCC(C)COC2OC(CO)C(O)C(O)C2O)OC2CC3C4CCC5CC(OC6OC(CO)C(OC7OCC(O)C(O)C7O)C(O)C6OC6OCC(O)C(O)C6O)CCC5(C)C4CCC3(C)C2C1C. The third-order valence-electron chi connectivity index (χ3n) is 19.6. The summed E-state index contributed by atoms with van der Waals surface area (Å²) in [7, 11) is 1.73. The van der Waals surface area contributed by atoms with Gasteiger partial charge in [0.2, 0.25) is 0 Å². The minimum absolute atomic E-state index is 0.0129. The molecule has 0 aromatic carbocycles. The maximum absolute atomic E-state index is 11.9. The third-order valence-corrected chi connectivity index (χ3v) is 19.6. The monoisotopic (exact) mass is 1040 g/mol. The van der Waals surface area contributed by atoms with Crippen molar-refractivity contribution in [1.29, 1.82) is 0 Å². The highest BCUT2D eigenvalue weighted by atomic mass is 16.8. The van der Waals surface area contributed by atoms with Crippen LogP contribution in [-0.2, 0) is 47.4 Å². The summed E-state index contributed by atoms with van der Waals surface area (Å²) in [6.45, 7) is 7.50. The van der Waals surface area contributed by atoms with Gasteiger partial charge in [0.1, 0.15) is 85.5 Å². The van der Waals surface area contributed by atoms with Crippen LogP contribution < -0.4 is 0 Å².